The van der Waals surface area contributed by atoms with Crippen molar-refractivity contribution in [2.45, 2.75) is 64.2 Å². The average molecular weight is 395 g/mol. The predicted octanol–water partition coefficient (Wildman–Crippen LogP) is 1.80. The summed E-state index contributed by atoms with van der Waals surface area (Å²) in [5.41, 5.74) is 1.26. The highest BCUT2D eigenvalue weighted by atomic mass is 32.2. The van der Waals surface area contributed by atoms with Crippen LogP contribution < -0.4 is 10.2 Å². The van der Waals surface area contributed by atoms with Gasteiger partial charge in [0.15, 0.2) is 0 Å². The van der Waals surface area contributed by atoms with Crippen molar-refractivity contribution in [1.29, 1.82) is 0 Å². The Balaban J connectivity index is 1.72. The van der Waals surface area contributed by atoms with Crippen molar-refractivity contribution in [3.8, 4) is 0 Å². The van der Waals surface area contributed by atoms with Gasteiger partial charge in [0, 0.05) is 5.92 Å². The zero-order chi connectivity index (χ0) is 19.9. The molecule has 0 radical (unpaired) electrons. The third-order valence-corrected chi connectivity index (χ3v) is 7.38. The van der Waals surface area contributed by atoms with Gasteiger partial charge in [0.05, 0.1) is 36.2 Å². The van der Waals surface area contributed by atoms with Gasteiger partial charge in [-0.05, 0) is 45.1 Å². The number of rotatable bonds is 6. The molecule has 150 valence electrons. The molecular formula is C19H30BNO5S. The van der Waals surface area contributed by atoms with Gasteiger partial charge in [0.2, 0.25) is 10.0 Å². The van der Waals surface area contributed by atoms with Gasteiger partial charge >= 0.3 is 7.12 Å². The number of benzene rings is 1. The van der Waals surface area contributed by atoms with Crippen molar-refractivity contribution < 1.29 is 22.5 Å². The van der Waals surface area contributed by atoms with Crippen molar-refractivity contribution >= 4 is 22.6 Å². The molecule has 2 saturated heterocycles. The molecule has 2 heterocycles. The lowest BCUT2D eigenvalue weighted by Crippen LogP contribution is -2.41. The highest BCUT2D eigenvalue weighted by molar-refractivity contribution is 7.89. The fourth-order valence-electron chi connectivity index (χ4n) is 3.44. The number of nitrogens with one attached hydrogen (secondary N) is 1. The molecule has 1 aromatic rings. The van der Waals surface area contributed by atoms with Gasteiger partial charge in [-0.1, -0.05) is 31.2 Å². The SMILES string of the molecule is CCCS(=O)(=O)NC1COCC1c1ccc(B2OC(C)(C)C(C)(C)O2)cc1. The molecule has 3 rings (SSSR count). The van der Waals surface area contributed by atoms with Crippen molar-refractivity contribution in [2.24, 2.45) is 0 Å². The normalized spacial score (nSPS) is 27.2. The Kier molecular flexibility index (Phi) is 5.76. The molecule has 0 saturated carbocycles. The lowest BCUT2D eigenvalue weighted by Gasteiger charge is -2.32. The summed E-state index contributed by atoms with van der Waals surface area (Å²) < 4.78 is 44.8. The van der Waals surface area contributed by atoms with E-state index >= 15 is 0 Å². The molecule has 27 heavy (non-hydrogen) atoms. The highest BCUT2D eigenvalue weighted by Gasteiger charge is 2.51. The lowest BCUT2D eigenvalue weighted by atomic mass is 9.78. The monoisotopic (exact) mass is 395 g/mol. The van der Waals surface area contributed by atoms with Crippen LogP contribution in [0.3, 0.4) is 0 Å². The van der Waals surface area contributed by atoms with Crippen LogP contribution >= 0.6 is 0 Å². The van der Waals surface area contributed by atoms with Gasteiger partial charge in [-0.2, -0.15) is 0 Å². The van der Waals surface area contributed by atoms with Crippen molar-refractivity contribution in [1.82, 2.24) is 4.72 Å². The second-order valence-electron chi connectivity index (χ2n) is 8.44. The maximum atomic E-state index is 12.1. The molecule has 0 aliphatic carbocycles. The number of sulfonamides is 1. The molecule has 0 bridgehead atoms. The van der Waals surface area contributed by atoms with Crippen molar-refractivity contribution in [3.63, 3.8) is 0 Å². The zero-order valence-corrected chi connectivity index (χ0v) is 17.6. The smallest absolute Gasteiger partial charge is 0.399 e. The summed E-state index contributed by atoms with van der Waals surface area (Å²) in [4.78, 5) is 0. The van der Waals surface area contributed by atoms with Crippen LogP contribution in [0.25, 0.3) is 0 Å². The Morgan fingerprint density at radius 3 is 2.22 bits per heavy atom. The second kappa shape index (κ2) is 7.48. The van der Waals surface area contributed by atoms with Crippen LogP contribution in [0, 0.1) is 0 Å². The zero-order valence-electron chi connectivity index (χ0n) is 16.8. The third-order valence-electron chi connectivity index (χ3n) is 5.77. The predicted molar refractivity (Wildman–Crippen MR) is 107 cm³/mol. The Hall–Kier alpha value is -0.925. The van der Waals surface area contributed by atoms with Gasteiger partial charge in [-0.3, -0.25) is 0 Å². The van der Waals surface area contributed by atoms with E-state index in [4.69, 9.17) is 14.0 Å². The molecule has 2 fully saturated rings. The molecule has 1 aromatic carbocycles. The fourth-order valence-corrected chi connectivity index (χ4v) is 4.79. The van der Waals surface area contributed by atoms with Crippen LogP contribution in [0.1, 0.15) is 52.5 Å². The van der Waals surface area contributed by atoms with E-state index in [9.17, 15) is 8.42 Å². The maximum absolute atomic E-state index is 12.1. The van der Waals surface area contributed by atoms with Crippen LogP contribution in [0.2, 0.25) is 0 Å². The molecule has 2 aliphatic heterocycles. The topological polar surface area (TPSA) is 73.9 Å². The first-order chi connectivity index (χ1) is 12.5. The summed E-state index contributed by atoms with van der Waals surface area (Å²) in [6.07, 6.45) is 0.594. The third kappa shape index (κ3) is 4.40. The summed E-state index contributed by atoms with van der Waals surface area (Å²) in [5, 5.41) is 0. The van der Waals surface area contributed by atoms with Gasteiger partial charge in [0.25, 0.3) is 0 Å². The van der Waals surface area contributed by atoms with Gasteiger partial charge in [-0.25, -0.2) is 13.1 Å². The molecule has 6 nitrogen and oxygen atoms in total. The van der Waals surface area contributed by atoms with Gasteiger partial charge in [0.1, 0.15) is 0 Å². The minimum Gasteiger partial charge on any atom is -0.399 e. The number of hydrogen-bond acceptors (Lipinski definition) is 5. The van der Waals surface area contributed by atoms with E-state index in [-0.39, 0.29) is 28.9 Å². The van der Waals surface area contributed by atoms with E-state index in [0.29, 0.717) is 19.6 Å². The lowest BCUT2D eigenvalue weighted by molar-refractivity contribution is 0.00578. The van der Waals surface area contributed by atoms with Crippen LogP contribution in [-0.4, -0.2) is 51.7 Å². The van der Waals surface area contributed by atoms with E-state index in [0.717, 1.165) is 11.0 Å². The summed E-state index contributed by atoms with van der Waals surface area (Å²) in [7, 11) is -3.67. The minimum atomic E-state index is -3.27. The van der Waals surface area contributed by atoms with Crippen molar-refractivity contribution in [2.75, 3.05) is 19.0 Å². The van der Waals surface area contributed by atoms with Crippen LogP contribution in [0.5, 0.6) is 0 Å². The molecule has 0 spiro atoms. The van der Waals surface area contributed by atoms with E-state index < -0.39 is 17.1 Å². The molecule has 0 aromatic heterocycles. The molecule has 8 heteroatoms. The highest BCUT2D eigenvalue weighted by Crippen LogP contribution is 2.36. The maximum Gasteiger partial charge on any atom is 0.494 e. The Morgan fingerprint density at radius 1 is 1.07 bits per heavy atom. The van der Waals surface area contributed by atoms with E-state index in [2.05, 4.69) is 4.72 Å². The summed E-state index contributed by atoms with van der Waals surface area (Å²) >= 11 is 0. The number of hydrogen-bond donors (Lipinski definition) is 1. The summed E-state index contributed by atoms with van der Waals surface area (Å²) in [6.45, 7) is 10.9. The fraction of sp³-hybridized carbons (Fsp3) is 0.684. The van der Waals surface area contributed by atoms with Gasteiger partial charge < -0.3 is 14.0 Å². The number of ether oxygens (including phenoxy) is 1. The van der Waals surface area contributed by atoms with Gasteiger partial charge in [-0.15, -0.1) is 0 Å². The Labute approximate surface area is 163 Å². The van der Waals surface area contributed by atoms with Crippen LogP contribution in [0.4, 0.5) is 0 Å². The molecule has 2 unspecified atom stereocenters. The minimum absolute atomic E-state index is 0.00368. The van der Waals surface area contributed by atoms with Crippen LogP contribution in [0.15, 0.2) is 24.3 Å². The van der Waals surface area contributed by atoms with Crippen molar-refractivity contribution in [3.05, 3.63) is 29.8 Å². The van der Waals surface area contributed by atoms with Crippen LogP contribution in [-0.2, 0) is 24.1 Å². The second-order valence-corrected chi connectivity index (χ2v) is 10.3. The Morgan fingerprint density at radius 2 is 1.67 bits per heavy atom. The molecule has 2 atom stereocenters. The largest absolute Gasteiger partial charge is 0.494 e. The standard InChI is InChI=1S/C19H30BNO5S/c1-6-11-27(22,23)21-17-13-24-12-16(17)14-7-9-15(10-8-14)20-25-18(2,3)19(4,5)26-20/h7-10,16-17,21H,6,11-13H2,1-5H3. The Bertz CT molecular complexity index is 747. The first-order valence-corrected chi connectivity index (χ1v) is 11.2. The molecule has 0 amide bonds. The van der Waals surface area contributed by atoms with E-state index in [1.807, 2.05) is 58.9 Å². The summed E-state index contributed by atoms with van der Waals surface area (Å²) in [6, 6.07) is 7.78. The van der Waals surface area contributed by atoms with E-state index in [1.54, 1.807) is 0 Å². The first-order valence-electron chi connectivity index (χ1n) is 9.58. The molecular weight excluding hydrogens is 365 g/mol. The first kappa shape index (κ1) is 20.8. The van der Waals surface area contributed by atoms with E-state index in [1.165, 1.54) is 0 Å². The average Bonchev–Trinajstić information content (AvgIpc) is 3.09. The molecule has 1 N–H and O–H groups in total. The summed E-state index contributed by atoms with van der Waals surface area (Å²) in [5.74, 6) is 0.140. The molecule has 2 aliphatic rings. The quantitative estimate of drug-likeness (QED) is 0.744.